The average Bonchev–Trinajstić information content (AvgIpc) is 3.54. The van der Waals surface area contributed by atoms with E-state index < -0.39 is 59.1 Å². The summed E-state index contributed by atoms with van der Waals surface area (Å²) in [6.07, 6.45) is -4.14. The van der Waals surface area contributed by atoms with Crippen LogP contribution in [0, 0.1) is 23.4 Å². The Kier molecular flexibility index (Phi) is 6.56. The van der Waals surface area contributed by atoms with Gasteiger partial charge in [-0.1, -0.05) is 0 Å². The number of alkyl halides is 3. The second kappa shape index (κ2) is 9.17. The summed E-state index contributed by atoms with van der Waals surface area (Å²) in [7, 11) is 1.02. The normalized spacial score (nSPS) is 18.9. The van der Waals surface area contributed by atoms with Crippen molar-refractivity contribution >= 4 is 11.9 Å². The fraction of sp³-hybridized carbons (Fsp3) is 0.500. The Morgan fingerprint density at radius 1 is 1.14 bits per heavy atom. The van der Waals surface area contributed by atoms with Crippen LogP contribution >= 0.6 is 0 Å². The number of nitrogens with zero attached hydrogens (tertiary/aromatic N) is 3. The molecule has 0 bridgehead atoms. The average molecular weight is 504 g/mol. The highest BCUT2D eigenvalue weighted by atomic mass is 19.4. The largest absolute Gasteiger partial charge is 0.464 e. The van der Waals surface area contributed by atoms with E-state index in [1.165, 1.54) is 4.90 Å². The molecule has 1 aliphatic heterocycles. The minimum Gasteiger partial charge on any atom is -0.464 e. The monoisotopic (exact) mass is 504 g/mol. The molecule has 2 aliphatic rings. The lowest BCUT2D eigenvalue weighted by Gasteiger charge is -2.38. The maximum absolute atomic E-state index is 14.0. The molecule has 1 aromatic heterocycles. The Balaban J connectivity index is 1.60. The molecule has 0 spiro atoms. The maximum atomic E-state index is 14.0. The molecule has 7 nitrogen and oxygen atoms in total. The molecule has 1 unspecified atom stereocenters. The Labute approximate surface area is 195 Å². The second-order valence-corrected chi connectivity index (χ2v) is 8.71. The molecule has 4 rings (SSSR count). The molecular weight excluding hydrogens is 482 g/mol. The van der Waals surface area contributed by atoms with Gasteiger partial charge in [0, 0.05) is 31.6 Å². The summed E-state index contributed by atoms with van der Waals surface area (Å²) in [4.78, 5) is 30.3. The van der Waals surface area contributed by atoms with E-state index in [0.717, 1.165) is 11.7 Å². The molecule has 1 fully saturated rings. The zero-order valence-electron chi connectivity index (χ0n) is 18.5. The van der Waals surface area contributed by atoms with Gasteiger partial charge in [0.05, 0.1) is 18.8 Å². The number of carbonyl (C=O) groups excluding carboxylic acids is 2. The van der Waals surface area contributed by atoms with Crippen LogP contribution < -0.4 is 5.73 Å². The van der Waals surface area contributed by atoms with Gasteiger partial charge >= 0.3 is 12.1 Å². The molecule has 1 amide bonds. The van der Waals surface area contributed by atoms with Crippen molar-refractivity contribution in [1.29, 1.82) is 0 Å². The first-order valence-electron chi connectivity index (χ1n) is 10.9. The number of aromatic nitrogens is 2. The quantitative estimate of drug-likeness (QED) is 0.370. The van der Waals surface area contributed by atoms with E-state index in [1.807, 2.05) is 0 Å². The molecule has 2 N–H and O–H groups in total. The lowest BCUT2D eigenvalue weighted by Crippen LogP contribution is -2.46. The minimum absolute atomic E-state index is 0.0357. The lowest BCUT2D eigenvalue weighted by molar-refractivity contribution is -0.148. The van der Waals surface area contributed by atoms with Crippen LogP contribution in [0.5, 0.6) is 0 Å². The molecule has 0 saturated heterocycles. The van der Waals surface area contributed by atoms with Gasteiger partial charge in [0.15, 0.2) is 17.3 Å². The van der Waals surface area contributed by atoms with E-state index in [1.54, 1.807) is 0 Å². The number of imidazole rings is 1. The van der Waals surface area contributed by atoms with Gasteiger partial charge in [-0.2, -0.15) is 13.2 Å². The zero-order chi connectivity index (χ0) is 25.7. The van der Waals surface area contributed by atoms with Crippen molar-refractivity contribution in [2.45, 2.75) is 50.5 Å². The van der Waals surface area contributed by atoms with E-state index in [9.17, 15) is 35.9 Å². The van der Waals surface area contributed by atoms with E-state index in [-0.39, 0.29) is 43.1 Å². The van der Waals surface area contributed by atoms with Crippen LogP contribution in [-0.4, -0.2) is 46.0 Å². The molecule has 1 aliphatic carbocycles. The third-order valence-electron chi connectivity index (χ3n) is 6.22. The van der Waals surface area contributed by atoms with Crippen LogP contribution in [0.4, 0.5) is 26.3 Å². The first-order chi connectivity index (χ1) is 16.4. The highest BCUT2D eigenvalue weighted by molar-refractivity contribution is 5.89. The topological polar surface area (TPSA) is 90.5 Å². The fourth-order valence-electron chi connectivity index (χ4n) is 4.54. The highest BCUT2D eigenvalue weighted by Gasteiger charge is 2.49. The van der Waals surface area contributed by atoms with Crippen molar-refractivity contribution in [3.05, 3.63) is 52.4 Å². The van der Waals surface area contributed by atoms with Gasteiger partial charge in [-0.25, -0.2) is 22.9 Å². The Morgan fingerprint density at radius 2 is 1.80 bits per heavy atom. The molecule has 0 radical (unpaired) electrons. The summed E-state index contributed by atoms with van der Waals surface area (Å²) in [5.41, 5.74) is 5.25. The summed E-state index contributed by atoms with van der Waals surface area (Å²) < 4.78 is 87.0. The third kappa shape index (κ3) is 4.86. The third-order valence-corrected chi connectivity index (χ3v) is 6.22. The maximum Gasteiger partial charge on any atom is 0.449 e. The Bertz CT molecular complexity index is 1160. The summed E-state index contributed by atoms with van der Waals surface area (Å²) in [6.45, 7) is -0.338. The number of rotatable bonds is 6. The lowest BCUT2D eigenvalue weighted by atomic mass is 9.98. The van der Waals surface area contributed by atoms with Gasteiger partial charge in [0.25, 0.3) is 0 Å². The van der Waals surface area contributed by atoms with E-state index >= 15 is 0 Å². The summed E-state index contributed by atoms with van der Waals surface area (Å²) >= 11 is 0. The Hall–Kier alpha value is -3.09. The molecule has 1 aromatic carbocycles. The summed E-state index contributed by atoms with van der Waals surface area (Å²) in [6, 6.07) is -0.760. The van der Waals surface area contributed by atoms with Crippen molar-refractivity contribution in [2.24, 2.45) is 11.7 Å². The molecule has 2 aromatic rings. The van der Waals surface area contributed by atoms with Gasteiger partial charge in [0.2, 0.25) is 11.7 Å². The van der Waals surface area contributed by atoms with Gasteiger partial charge in [-0.15, -0.1) is 0 Å². The van der Waals surface area contributed by atoms with Crippen LogP contribution in [0.1, 0.15) is 52.9 Å². The van der Waals surface area contributed by atoms with Crippen LogP contribution in [0.2, 0.25) is 0 Å². The van der Waals surface area contributed by atoms with Crippen molar-refractivity contribution in [3.8, 4) is 0 Å². The van der Waals surface area contributed by atoms with Gasteiger partial charge in [0.1, 0.15) is 5.82 Å². The number of esters is 1. The molecule has 1 saturated carbocycles. The number of methoxy groups -OCH3 is 1. The molecule has 190 valence electrons. The SMILES string of the molecule is COC(=O)c1nc(C(F)(F)F)n2c1C(C1CC1)N(C(=O)C[C@H](N)Cc1cc(F)c(F)cc1F)CC2. The Morgan fingerprint density at radius 3 is 2.40 bits per heavy atom. The van der Waals surface area contributed by atoms with Gasteiger partial charge < -0.3 is 19.9 Å². The molecule has 2 atom stereocenters. The minimum atomic E-state index is -4.82. The number of nitrogens with two attached hydrogens (primary N) is 1. The highest BCUT2D eigenvalue weighted by Crippen LogP contribution is 2.48. The molecule has 2 heterocycles. The van der Waals surface area contributed by atoms with Crippen molar-refractivity contribution in [3.63, 3.8) is 0 Å². The van der Waals surface area contributed by atoms with E-state index in [0.29, 0.717) is 25.0 Å². The van der Waals surface area contributed by atoms with Crippen LogP contribution in [-0.2, 0) is 28.7 Å². The molecular formula is C22H22F6N4O3. The van der Waals surface area contributed by atoms with Crippen molar-refractivity contribution < 1.29 is 40.7 Å². The van der Waals surface area contributed by atoms with Gasteiger partial charge in [-0.05, 0) is 36.8 Å². The number of hydrogen-bond donors (Lipinski definition) is 1. The number of carbonyl (C=O) groups is 2. The first-order valence-corrected chi connectivity index (χ1v) is 10.9. The van der Waals surface area contributed by atoms with Crippen LogP contribution in [0.3, 0.4) is 0 Å². The van der Waals surface area contributed by atoms with Crippen molar-refractivity contribution in [1.82, 2.24) is 14.5 Å². The standard InChI is InChI=1S/C22H22F6N4O3/c1-35-20(34)17-19-18(10-2-3-10)31(4-5-32(19)21(30-17)22(26,27)28)16(33)8-12(29)6-11-7-14(24)15(25)9-13(11)23/h7,9-10,12,18H,2-6,8,29H2,1H3/t12-,18?/m1/s1. The second-order valence-electron chi connectivity index (χ2n) is 8.71. The molecule has 13 heteroatoms. The van der Waals surface area contributed by atoms with E-state index in [4.69, 9.17) is 5.73 Å². The number of ether oxygens (including phenoxy) is 1. The fourth-order valence-corrected chi connectivity index (χ4v) is 4.54. The number of benzene rings is 1. The number of hydrogen-bond acceptors (Lipinski definition) is 5. The number of halogens is 6. The molecule has 35 heavy (non-hydrogen) atoms. The van der Waals surface area contributed by atoms with Crippen molar-refractivity contribution in [2.75, 3.05) is 13.7 Å². The first kappa shape index (κ1) is 25.0. The number of amides is 1. The van der Waals surface area contributed by atoms with Crippen LogP contribution in [0.15, 0.2) is 12.1 Å². The summed E-state index contributed by atoms with van der Waals surface area (Å²) in [5, 5.41) is 0. The van der Waals surface area contributed by atoms with Gasteiger partial charge in [-0.3, -0.25) is 4.79 Å². The predicted octanol–water partition coefficient (Wildman–Crippen LogP) is 3.36. The number of fused-ring (bicyclic) bond motifs is 1. The summed E-state index contributed by atoms with van der Waals surface area (Å²) in [5.74, 6) is -6.60. The smallest absolute Gasteiger partial charge is 0.449 e. The predicted molar refractivity (Wildman–Crippen MR) is 108 cm³/mol. The van der Waals surface area contributed by atoms with E-state index in [2.05, 4.69) is 9.72 Å². The van der Waals surface area contributed by atoms with Crippen LogP contribution in [0.25, 0.3) is 0 Å². The zero-order valence-corrected chi connectivity index (χ0v) is 18.5.